The summed E-state index contributed by atoms with van der Waals surface area (Å²) in [6.07, 6.45) is 3.59. The molecule has 2 aromatic heterocycles. The fourth-order valence-corrected chi connectivity index (χ4v) is 2.45. The summed E-state index contributed by atoms with van der Waals surface area (Å²) in [6.45, 7) is 4.82. The van der Waals surface area contributed by atoms with Crippen molar-refractivity contribution in [3.63, 3.8) is 0 Å². The molecule has 2 heterocycles. The lowest BCUT2D eigenvalue weighted by molar-refractivity contribution is 0.413. The first kappa shape index (κ1) is 15.1. The van der Waals surface area contributed by atoms with Crippen molar-refractivity contribution in [1.29, 1.82) is 0 Å². The van der Waals surface area contributed by atoms with Crippen molar-refractivity contribution in [2.45, 2.75) is 26.3 Å². The normalized spacial score (nSPS) is 11.0. The number of benzene rings is 1. The second-order valence-electron chi connectivity index (χ2n) is 5.61. The number of tetrazole rings is 1. The molecule has 6 nitrogen and oxygen atoms in total. The molecule has 0 atom stereocenters. The van der Waals surface area contributed by atoms with E-state index in [2.05, 4.69) is 34.2 Å². The number of rotatable bonds is 5. The third kappa shape index (κ3) is 3.36. The molecule has 118 valence electrons. The summed E-state index contributed by atoms with van der Waals surface area (Å²) < 4.78 is 5.24. The minimum absolute atomic E-state index is 0.373. The summed E-state index contributed by atoms with van der Waals surface area (Å²) in [7, 11) is 1.65. The zero-order valence-corrected chi connectivity index (χ0v) is 13.5. The maximum atomic E-state index is 5.24. The summed E-state index contributed by atoms with van der Waals surface area (Å²) in [5.74, 6) is 1.79. The highest BCUT2D eigenvalue weighted by molar-refractivity contribution is 5.58. The van der Waals surface area contributed by atoms with Gasteiger partial charge in [0.1, 0.15) is 5.75 Å². The van der Waals surface area contributed by atoms with Gasteiger partial charge in [-0.05, 0) is 40.5 Å². The fraction of sp³-hybridized carbons (Fsp3) is 0.294. The lowest BCUT2D eigenvalue weighted by Gasteiger charge is -2.08. The zero-order valence-electron chi connectivity index (χ0n) is 13.5. The highest BCUT2D eigenvalue weighted by atomic mass is 16.5. The Balaban J connectivity index is 1.86. The van der Waals surface area contributed by atoms with Gasteiger partial charge in [0.25, 0.3) is 0 Å². The van der Waals surface area contributed by atoms with Gasteiger partial charge in [0.2, 0.25) is 5.82 Å². The average Bonchev–Trinajstić information content (AvgIpc) is 3.03. The third-order valence-electron chi connectivity index (χ3n) is 3.63. The van der Waals surface area contributed by atoms with Gasteiger partial charge in [0.05, 0.1) is 13.7 Å². The van der Waals surface area contributed by atoms with Gasteiger partial charge in [-0.15, -0.1) is 10.2 Å². The van der Waals surface area contributed by atoms with Crippen molar-refractivity contribution in [2.24, 2.45) is 0 Å². The topological polar surface area (TPSA) is 65.7 Å². The van der Waals surface area contributed by atoms with Crippen molar-refractivity contribution in [3.8, 4) is 17.1 Å². The van der Waals surface area contributed by atoms with E-state index < -0.39 is 0 Å². The maximum absolute atomic E-state index is 5.24. The van der Waals surface area contributed by atoms with Crippen molar-refractivity contribution in [2.75, 3.05) is 7.11 Å². The first-order chi connectivity index (χ1) is 11.2. The van der Waals surface area contributed by atoms with Crippen LogP contribution in [0.5, 0.6) is 5.75 Å². The van der Waals surface area contributed by atoms with Crippen molar-refractivity contribution >= 4 is 0 Å². The Morgan fingerprint density at radius 3 is 2.87 bits per heavy atom. The fourth-order valence-electron chi connectivity index (χ4n) is 2.45. The van der Waals surface area contributed by atoms with Gasteiger partial charge in [-0.25, -0.2) is 0 Å². The van der Waals surface area contributed by atoms with Gasteiger partial charge in [-0.3, -0.25) is 4.98 Å². The number of hydrogen-bond acceptors (Lipinski definition) is 5. The standard InChI is InChI=1S/C17H19N5O/c1-12(2)15-7-8-18-10-16(15)17-19-21-22(20-17)11-13-5-4-6-14(9-13)23-3/h4-10,12H,11H2,1-3H3. The Hall–Kier alpha value is -2.76. The molecular formula is C17H19N5O. The molecule has 3 aromatic rings. The molecule has 0 aliphatic heterocycles. The SMILES string of the molecule is COc1cccc(Cn2nnc(-c3cnccc3C(C)C)n2)c1. The number of hydrogen-bond donors (Lipinski definition) is 0. The molecular weight excluding hydrogens is 290 g/mol. The summed E-state index contributed by atoms with van der Waals surface area (Å²) in [4.78, 5) is 5.77. The molecule has 0 unspecified atom stereocenters. The Kier molecular flexibility index (Phi) is 4.32. The smallest absolute Gasteiger partial charge is 0.206 e. The van der Waals surface area contributed by atoms with Crippen LogP contribution in [0.2, 0.25) is 0 Å². The van der Waals surface area contributed by atoms with Crippen LogP contribution in [0.1, 0.15) is 30.9 Å². The number of methoxy groups -OCH3 is 1. The van der Waals surface area contributed by atoms with Crippen LogP contribution >= 0.6 is 0 Å². The lowest BCUT2D eigenvalue weighted by Crippen LogP contribution is -2.04. The first-order valence-electron chi connectivity index (χ1n) is 7.52. The Bertz CT molecular complexity index is 797. The molecule has 1 aromatic carbocycles. The summed E-state index contributed by atoms with van der Waals surface area (Å²) in [5, 5.41) is 12.8. The van der Waals surface area contributed by atoms with E-state index in [1.165, 1.54) is 5.56 Å². The number of aromatic nitrogens is 5. The van der Waals surface area contributed by atoms with Gasteiger partial charge in [-0.1, -0.05) is 26.0 Å². The van der Waals surface area contributed by atoms with E-state index in [0.29, 0.717) is 18.3 Å². The quantitative estimate of drug-likeness (QED) is 0.725. The Morgan fingerprint density at radius 1 is 1.22 bits per heavy atom. The van der Waals surface area contributed by atoms with Crippen molar-refractivity contribution < 1.29 is 4.74 Å². The van der Waals surface area contributed by atoms with Gasteiger partial charge < -0.3 is 4.74 Å². The van der Waals surface area contributed by atoms with Crippen molar-refractivity contribution in [1.82, 2.24) is 25.2 Å². The summed E-state index contributed by atoms with van der Waals surface area (Å²) >= 11 is 0. The molecule has 0 saturated carbocycles. The molecule has 3 rings (SSSR count). The van der Waals surface area contributed by atoms with Gasteiger partial charge in [-0.2, -0.15) is 4.80 Å². The Morgan fingerprint density at radius 2 is 2.09 bits per heavy atom. The van der Waals surface area contributed by atoms with E-state index in [1.807, 2.05) is 30.3 Å². The highest BCUT2D eigenvalue weighted by Crippen LogP contribution is 2.25. The molecule has 0 bridgehead atoms. The molecule has 23 heavy (non-hydrogen) atoms. The Labute approximate surface area is 135 Å². The van der Waals surface area contributed by atoms with E-state index in [4.69, 9.17) is 4.74 Å². The van der Waals surface area contributed by atoms with Crippen LogP contribution in [-0.4, -0.2) is 32.3 Å². The number of pyridine rings is 1. The van der Waals surface area contributed by atoms with Crippen LogP contribution < -0.4 is 4.74 Å². The average molecular weight is 309 g/mol. The number of nitrogens with zero attached hydrogens (tertiary/aromatic N) is 5. The van der Waals surface area contributed by atoms with E-state index >= 15 is 0 Å². The van der Waals surface area contributed by atoms with E-state index in [9.17, 15) is 0 Å². The molecule has 0 aliphatic rings. The van der Waals surface area contributed by atoms with E-state index in [1.54, 1.807) is 24.3 Å². The van der Waals surface area contributed by atoms with Crippen molar-refractivity contribution in [3.05, 3.63) is 53.9 Å². The van der Waals surface area contributed by atoms with E-state index in [-0.39, 0.29) is 0 Å². The molecule has 6 heteroatoms. The number of ether oxygens (including phenoxy) is 1. The van der Waals surface area contributed by atoms with E-state index in [0.717, 1.165) is 16.9 Å². The van der Waals surface area contributed by atoms with Gasteiger partial charge >= 0.3 is 0 Å². The monoisotopic (exact) mass is 309 g/mol. The van der Waals surface area contributed by atoms with Crippen LogP contribution in [-0.2, 0) is 6.54 Å². The molecule has 0 N–H and O–H groups in total. The third-order valence-corrected chi connectivity index (χ3v) is 3.63. The molecule has 0 saturated heterocycles. The van der Waals surface area contributed by atoms with Crippen LogP contribution in [0.4, 0.5) is 0 Å². The molecule has 0 aliphatic carbocycles. The molecule has 0 fully saturated rings. The second kappa shape index (κ2) is 6.56. The van der Waals surface area contributed by atoms with Crippen LogP contribution in [0.3, 0.4) is 0 Å². The molecule has 0 spiro atoms. The highest BCUT2D eigenvalue weighted by Gasteiger charge is 2.13. The minimum Gasteiger partial charge on any atom is -0.497 e. The van der Waals surface area contributed by atoms with Gasteiger partial charge in [0.15, 0.2) is 0 Å². The first-order valence-corrected chi connectivity index (χ1v) is 7.52. The lowest BCUT2D eigenvalue weighted by atomic mass is 9.99. The largest absolute Gasteiger partial charge is 0.497 e. The summed E-state index contributed by atoms with van der Waals surface area (Å²) in [6, 6.07) is 9.84. The minimum atomic E-state index is 0.373. The zero-order chi connectivity index (χ0) is 16.2. The predicted molar refractivity (Wildman–Crippen MR) is 87.2 cm³/mol. The molecule has 0 amide bonds. The predicted octanol–water partition coefficient (Wildman–Crippen LogP) is 2.92. The van der Waals surface area contributed by atoms with Crippen LogP contribution in [0.15, 0.2) is 42.7 Å². The second-order valence-corrected chi connectivity index (χ2v) is 5.61. The van der Waals surface area contributed by atoms with Gasteiger partial charge in [0, 0.05) is 18.0 Å². The summed E-state index contributed by atoms with van der Waals surface area (Å²) in [5.41, 5.74) is 3.16. The van der Waals surface area contributed by atoms with Crippen LogP contribution in [0.25, 0.3) is 11.4 Å². The van der Waals surface area contributed by atoms with Crippen LogP contribution in [0, 0.1) is 0 Å². The maximum Gasteiger partial charge on any atom is 0.206 e. The molecule has 0 radical (unpaired) electrons.